The Morgan fingerprint density at radius 1 is 0.889 bits per heavy atom. The molecule has 0 amide bonds. The van der Waals surface area contributed by atoms with E-state index in [4.69, 9.17) is 0 Å². The van der Waals surface area contributed by atoms with Crippen LogP contribution in [0.25, 0.3) is 39.0 Å². The zero-order valence-corrected chi connectivity index (χ0v) is 19.3. The number of aromatic nitrogens is 2. The maximum absolute atomic E-state index is 13.4. The van der Waals surface area contributed by atoms with Crippen LogP contribution in [-0.4, -0.2) is 16.3 Å². The van der Waals surface area contributed by atoms with Crippen molar-refractivity contribution in [3.8, 4) is 28.1 Å². The molecule has 0 aliphatic heterocycles. The maximum atomic E-state index is 13.4. The van der Waals surface area contributed by atoms with Crippen LogP contribution in [0.4, 0.5) is 18.9 Å². The first kappa shape index (κ1) is 23.2. The molecule has 5 aromatic rings. The number of benzene rings is 3. The van der Waals surface area contributed by atoms with Gasteiger partial charge < -0.3 is 0 Å². The smallest absolute Gasteiger partial charge is 0.277 e. The van der Waals surface area contributed by atoms with E-state index in [1.54, 1.807) is 25.3 Å². The number of hydrogen-bond donors (Lipinski definition) is 0. The van der Waals surface area contributed by atoms with E-state index in [9.17, 15) is 18.0 Å². The molecule has 178 valence electrons. The van der Waals surface area contributed by atoms with Crippen molar-refractivity contribution in [3.05, 3.63) is 113 Å². The number of nitrogens with zero attached hydrogens (tertiary/aromatic N) is 3. The highest BCUT2D eigenvalue weighted by Crippen LogP contribution is 2.38. The second-order valence-corrected chi connectivity index (χ2v) is 8.39. The summed E-state index contributed by atoms with van der Waals surface area (Å²) in [4.78, 5) is 21.6. The fourth-order valence-electron chi connectivity index (χ4n) is 4.35. The van der Waals surface area contributed by atoms with E-state index >= 15 is 0 Å². The standard InChI is InChI=1S/C29H20F3N3O/c1-18-8-13-27(36)35(23-7-3-6-22(17-23)29(30,31)32)28(18)24-16-20(10-12-26(24)33-2)19-9-11-25-21(15-19)5-4-14-34-25/h3-17H,2H2,1H3. The predicted molar refractivity (Wildman–Crippen MR) is 137 cm³/mol. The summed E-state index contributed by atoms with van der Waals surface area (Å²) in [6.07, 6.45) is -2.81. The molecular weight excluding hydrogens is 463 g/mol. The first-order valence-corrected chi connectivity index (χ1v) is 11.1. The lowest BCUT2D eigenvalue weighted by molar-refractivity contribution is -0.137. The molecule has 0 aliphatic rings. The molecule has 3 aromatic carbocycles. The highest BCUT2D eigenvalue weighted by atomic mass is 19.4. The van der Waals surface area contributed by atoms with Gasteiger partial charge in [-0.25, -0.2) is 0 Å². The summed E-state index contributed by atoms with van der Waals surface area (Å²) in [7, 11) is 0. The van der Waals surface area contributed by atoms with Crippen molar-refractivity contribution in [2.45, 2.75) is 13.1 Å². The molecule has 0 fully saturated rings. The van der Waals surface area contributed by atoms with Crippen LogP contribution in [0.3, 0.4) is 0 Å². The number of aryl methyl sites for hydroxylation is 1. The van der Waals surface area contributed by atoms with Gasteiger partial charge in [-0.05, 0) is 78.9 Å². The van der Waals surface area contributed by atoms with Gasteiger partial charge in [-0.15, -0.1) is 0 Å². The molecule has 7 heteroatoms. The molecule has 5 rings (SSSR count). The lowest BCUT2D eigenvalue weighted by Gasteiger charge is -2.19. The first-order valence-electron chi connectivity index (χ1n) is 11.1. The average Bonchev–Trinajstić information content (AvgIpc) is 2.88. The Kier molecular flexibility index (Phi) is 5.76. The van der Waals surface area contributed by atoms with Gasteiger partial charge in [-0.2, -0.15) is 13.2 Å². The van der Waals surface area contributed by atoms with Crippen molar-refractivity contribution in [1.29, 1.82) is 0 Å². The molecule has 0 atom stereocenters. The van der Waals surface area contributed by atoms with Gasteiger partial charge in [-0.1, -0.05) is 30.3 Å². The van der Waals surface area contributed by atoms with E-state index in [1.165, 1.54) is 22.8 Å². The Balaban J connectivity index is 1.75. The summed E-state index contributed by atoms with van der Waals surface area (Å²) in [6.45, 7) is 5.47. The van der Waals surface area contributed by atoms with Crippen LogP contribution in [0.2, 0.25) is 0 Å². The average molecular weight is 483 g/mol. The minimum Gasteiger partial charge on any atom is -0.277 e. The van der Waals surface area contributed by atoms with Crippen LogP contribution in [0.15, 0.2) is 101 Å². The Labute approximate surface area is 205 Å². The third kappa shape index (κ3) is 4.20. The van der Waals surface area contributed by atoms with E-state index in [-0.39, 0.29) is 5.69 Å². The Bertz CT molecular complexity index is 1690. The van der Waals surface area contributed by atoms with E-state index in [1.807, 2.05) is 42.5 Å². The molecule has 0 radical (unpaired) electrons. The maximum Gasteiger partial charge on any atom is 0.416 e. The summed E-state index contributed by atoms with van der Waals surface area (Å²) in [5.74, 6) is 0. The summed E-state index contributed by atoms with van der Waals surface area (Å²) in [6, 6.07) is 23.0. The topological polar surface area (TPSA) is 47.2 Å². The normalized spacial score (nSPS) is 11.6. The van der Waals surface area contributed by atoms with Gasteiger partial charge in [0.25, 0.3) is 5.56 Å². The molecule has 0 saturated heterocycles. The van der Waals surface area contributed by atoms with Crippen LogP contribution in [0.5, 0.6) is 0 Å². The first-order chi connectivity index (χ1) is 17.3. The number of halogens is 3. The summed E-state index contributed by atoms with van der Waals surface area (Å²) >= 11 is 0. The van der Waals surface area contributed by atoms with E-state index in [2.05, 4.69) is 16.7 Å². The minimum atomic E-state index is -4.54. The highest BCUT2D eigenvalue weighted by molar-refractivity contribution is 5.87. The summed E-state index contributed by atoms with van der Waals surface area (Å²) < 4.78 is 41.6. The van der Waals surface area contributed by atoms with Crippen molar-refractivity contribution >= 4 is 23.3 Å². The SMILES string of the molecule is C=Nc1ccc(-c2ccc3ncccc3c2)cc1-c1c(C)ccc(=O)n1-c1cccc(C(F)(F)F)c1. The molecular formula is C29H20F3N3O. The van der Waals surface area contributed by atoms with Crippen LogP contribution < -0.4 is 5.56 Å². The second-order valence-electron chi connectivity index (χ2n) is 8.39. The van der Waals surface area contributed by atoms with E-state index < -0.39 is 17.3 Å². The number of rotatable bonds is 4. The molecule has 2 heterocycles. The third-order valence-corrected chi connectivity index (χ3v) is 6.08. The van der Waals surface area contributed by atoms with Crippen molar-refractivity contribution in [1.82, 2.24) is 9.55 Å². The van der Waals surface area contributed by atoms with Gasteiger partial charge >= 0.3 is 6.18 Å². The van der Waals surface area contributed by atoms with Gasteiger partial charge in [0.1, 0.15) is 0 Å². The minimum absolute atomic E-state index is 0.116. The van der Waals surface area contributed by atoms with Crippen LogP contribution in [0.1, 0.15) is 11.1 Å². The van der Waals surface area contributed by atoms with E-state index in [0.29, 0.717) is 22.5 Å². The van der Waals surface area contributed by atoms with Crippen molar-refractivity contribution in [2.75, 3.05) is 0 Å². The molecule has 0 aliphatic carbocycles. The number of hydrogen-bond acceptors (Lipinski definition) is 3. The molecule has 0 N–H and O–H groups in total. The monoisotopic (exact) mass is 483 g/mol. The van der Waals surface area contributed by atoms with Crippen molar-refractivity contribution in [3.63, 3.8) is 0 Å². The van der Waals surface area contributed by atoms with E-state index in [0.717, 1.165) is 34.2 Å². The van der Waals surface area contributed by atoms with Gasteiger partial charge in [0, 0.05) is 28.9 Å². The second kappa shape index (κ2) is 8.92. The molecule has 0 bridgehead atoms. The highest BCUT2D eigenvalue weighted by Gasteiger charge is 2.31. The lowest BCUT2D eigenvalue weighted by atomic mass is 9.96. The molecule has 2 aromatic heterocycles. The van der Waals surface area contributed by atoms with Crippen molar-refractivity contribution in [2.24, 2.45) is 4.99 Å². The zero-order chi connectivity index (χ0) is 25.4. The summed E-state index contributed by atoms with van der Waals surface area (Å²) in [5.41, 5.74) is 3.73. The zero-order valence-electron chi connectivity index (χ0n) is 19.3. The van der Waals surface area contributed by atoms with Gasteiger partial charge in [0.05, 0.1) is 22.5 Å². The Morgan fingerprint density at radius 3 is 2.44 bits per heavy atom. The Morgan fingerprint density at radius 2 is 1.67 bits per heavy atom. The third-order valence-electron chi connectivity index (χ3n) is 6.08. The Hall–Kier alpha value is -4.52. The molecule has 36 heavy (non-hydrogen) atoms. The van der Waals surface area contributed by atoms with Crippen LogP contribution in [-0.2, 0) is 6.18 Å². The quantitative estimate of drug-likeness (QED) is 0.250. The summed E-state index contributed by atoms with van der Waals surface area (Å²) in [5, 5.41) is 0.972. The predicted octanol–water partition coefficient (Wildman–Crippen LogP) is 7.38. The lowest BCUT2D eigenvalue weighted by Crippen LogP contribution is -2.20. The number of fused-ring (bicyclic) bond motifs is 1. The van der Waals surface area contributed by atoms with Gasteiger partial charge in [0.15, 0.2) is 0 Å². The van der Waals surface area contributed by atoms with Crippen LogP contribution >= 0.6 is 0 Å². The van der Waals surface area contributed by atoms with Gasteiger partial charge in [-0.3, -0.25) is 19.3 Å². The molecule has 0 unspecified atom stereocenters. The molecule has 0 spiro atoms. The molecule has 0 saturated carbocycles. The van der Waals surface area contributed by atoms with Crippen molar-refractivity contribution < 1.29 is 13.2 Å². The number of aliphatic imine (C=N–C) groups is 1. The number of pyridine rings is 2. The van der Waals surface area contributed by atoms with Gasteiger partial charge in [0.2, 0.25) is 0 Å². The fourth-order valence-corrected chi connectivity index (χ4v) is 4.35. The van der Waals surface area contributed by atoms with Crippen LogP contribution in [0, 0.1) is 6.92 Å². The molecule has 4 nitrogen and oxygen atoms in total. The fraction of sp³-hybridized carbons (Fsp3) is 0.0690. The number of alkyl halides is 3. The largest absolute Gasteiger partial charge is 0.416 e.